The summed E-state index contributed by atoms with van der Waals surface area (Å²) < 4.78 is 10.5. The van der Waals surface area contributed by atoms with E-state index in [4.69, 9.17) is 9.47 Å². The number of aromatic amines is 1. The Morgan fingerprint density at radius 3 is 2.48 bits per heavy atom. The number of likely N-dealkylation sites (tertiary alicyclic amines) is 1. The first-order valence-corrected chi connectivity index (χ1v) is 9.63. The number of benzene rings is 1. The Labute approximate surface area is 169 Å². The number of methoxy groups -OCH3 is 2. The summed E-state index contributed by atoms with van der Waals surface area (Å²) in [6, 6.07) is 4.86. The van der Waals surface area contributed by atoms with Gasteiger partial charge in [-0.25, -0.2) is 4.98 Å². The molecule has 156 valence electrons. The SMILES string of the molecule is COc1ccc(C(=O)N2CCC(C(=O)NC(C)c3n[nH]c(C)n3)CC2)cc1OC. The number of rotatable bonds is 6. The molecule has 2 heterocycles. The number of amides is 2. The fraction of sp³-hybridized carbons (Fsp3) is 0.500. The molecule has 1 fully saturated rings. The summed E-state index contributed by atoms with van der Waals surface area (Å²) in [6.07, 6.45) is 1.23. The molecule has 0 aliphatic carbocycles. The van der Waals surface area contributed by atoms with Gasteiger partial charge in [0.2, 0.25) is 5.91 Å². The lowest BCUT2D eigenvalue weighted by Crippen LogP contribution is -2.43. The van der Waals surface area contributed by atoms with Gasteiger partial charge in [-0.15, -0.1) is 0 Å². The van der Waals surface area contributed by atoms with Gasteiger partial charge in [0.15, 0.2) is 17.3 Å². The maximum absolute atomic E-state index is 12.8. The number of H-pyrrole nitrogens is 1. The summed E-state index contributed by atoms with van der Waals surface area (Å²) in [6.45, 7) is 4.73. The van der Waals surface area contributed by atoms with E-state index in [0.717, 1.165) is 0 Å². The maximum atomic E-state index is 12.8. The molecular formula is C20H27N5O4. The Kier molecular flexibility index (Phi) is 6.36. The third kappa shape index (κ3) is 4.67. The van der Waals surface area contributed by atoms with Gasteiger partial charge >= 0.3 is 0 Å². The second-order valence-corrected chi connectivity index (χ2v) is 7.15. The molecule has 1 unspecified atom stereocenters. The van der Waals surface area contributed by atoms with Crippen LogP contribution in [0.4, 0.5) is 0 Å². The lowest BCUT2D eigenvalue weighted by Gasteiger charge is -2.32. The van der Waals surface area contributed by atoms with Crippen LogP contribution in [0.15, 0.2) is 18.2 Å². The Balaban J connectivity index is 1.55. The molecule has 1 aliphatic heterocycles. The fourth-order valence-corrected chi connectivity index (χ4v) is 3.45. The first-order chi connectivity index (χ1) is 13.9. The first-order valence-electron chi connectivity index (χ1n) is 9.63. The quantitative estimate of drug-likeness (QED) is 0.765. The second-order valence-electron chi connectivity index (χ2n) is 7.15. The van der Waals surface area contributed by atoms with E-state index < -0.39 is 0 Å². The molecule has 9 nitrogen and oxygen atoms in total. The smallest absolute Gasteiger partial charge is 0.253 e. The molecule has 0 spiro atoms. The molecule has 9 heteroatoms. The normalized spacial score (nSPS) is 15.7. The van der Waals surface area contributed by atoms with Gasteiger partial charge in [-0.3, -0.25) is 14.7 Å². The molecule has 0 bridgehead atoms. The van der Waals surface area contributed by atoms with Gasteiger partial charge in [0.1, 0.15) is 5.82 Å². The van der Waals surface area contributed by atoms with Crippen molar-refractivity contribution in [3.63, 3.8) is 0 Å². The number of aromatic nitrogens is 3. The average molecular weight is 401 g/mol. The van der Waals surface area contributed by atoms with Crippen LogP contribution in [-0.2, 0) is 4.79 Å². The van der Waals surface area contributed by atoms with Crippen molar-refractivity contribution in [2.45, 2.75) is 32.7 Å². The third-order valence-electron chi connectivity index (χ3n) is 5.14. The molecule has 1 aromatic heterocycles. The Morgan fingerprint density at radius 2 is 1.90 bits per heavy atom. The van der Waals surface area contributed by atoms with E-state index >= 15 is 0 Å². The van der Waals surface area contributed by atoms with Crippen LogP contribution >= 0.6 is 0 Å². The number of aryl methyl sites for hydroxylation is 1. The molecule has 2 N–H and O–H groups in total. The van der Waals surface area contributed by atoms with Gasteiger partial charge in [0, 0.05) is 24.6 Å². The van der Waals surface area contributed by atoms with Crippen molar-refractivity contribution in [2.24, 2.45) is 5.92 Å². The fourth-order valence-electron chi connectivity index (χ4n) is 3.45. The molecule has 2 amide bonds. The van der Waals surface area contributed by atoms with E-state index in [1.54, 1.807) is 30.2 Å². The number of piperidine rings is 1. The number of carbonyl (C=O) groups is 2. The molecule has 3 rings (SSSR count). The molecule has 1 saturated heterocycles. The van der Waals surface area contributed by atoms with Crippen molar-refractivity contribution in [2.75, 3.05) is 27.3 Å². The van der Waals surface area contributed by atoms with Crippen LogP contribution in [0.1, 0.15) is 47.8 Å². The van der Waals surface area contributed by atoms with E-state index in [0.29, 0.717) is 54.6 Å². The molecule has 1 aromatic carbocycles. The number of hydrogen-bond donors (Lipinski definition) is 2. The average Bonchev–Trinajstić information content (AvgIpc) is 3.19. The monoisotopic (exact) mass is 401 g/mol. The van der Waals surface area contributed by atoms with Crippen molar-refractivity contribution < 1.29 is 19.1 Å². The van der Waals surface area contributed by atoms with Crippen LogP contribution in [0, 0.1) is 12.8 Å². The maximum Gasteiger partial charge on any atom is 0.253 e. The summed E-state index contributed by atoms with van der Waals surface area (Å²) in [7, 11) is 3.09. The molecular weight excluding hydrogens is 374 g/mol. The van der Waals surface area contributed by atoms with Crippen LogP contribution in [0.25, 0.3) is 0 Å². The van der Waals surface area contributed by atoms with Gasteiger partial charge in [-0.05, 0) is 44.9 Å². The van der Waals surface area contributed by atoms with Gasteiger partial charge in [0.25, 0.3) is 5.91 Å². The van der Waals surface area contributed by atoms with Gasteiger partial charge in [-0.2, -0.15) is 5.10 Å². The highest BCUT2D eigenvalue weighted by Crippen LogP contribution is 2.29. The third-order valence-corrected chi connectivity index (χ3v) is 5.14. The minimum atomic E-state index is -0.265. The number of ether oxygens (including phenoxy) is 2. The summed E-state index contributed by atoms with van der Waals surface area (Å²) in [4.78, 5) is 31.4. The predicted molar refractivity (Wildman–Crippen MR) is 106 cm³/mol. The van der Waals surface area contributed by atoms with Crippen LogP contribution in [0.5, 0.6) is 11.5 Å². The highest BCUT2D eigenvalue weighted by atomic mass is 16.5. The van der Waals surface area contributed by atoms with Gasteiger partial charge in [-0.1, -0.05) is 0 Å². The largest absolute Gasteiger partial charge is 0.493 e. The summed E-state index contributed by atoms with van der Waals surface area (Å²) >= 11 is 0. The first kappa shape index (κ1) is 20.6. The van der Waals surface area contributed by atoms with E-state index in [1.165, 1.54) is 7.11 Å². The van der Waals surface area contributed by atoms with E-state index in [2.05, 4.69) is 20.5 Å². The molecule has 0 saturated carbocycles. The number of nitrogens with one attached hydrogen (secondary N) is 2. The van der Waals surface area contributed by atoms with Crippen LogP contribution < -0.4 is 14.8 Å². The zero-order valence-electron chi connectivity index (χ0n) is 17.2. The lowest BCUT2D eigenvalue weighted by molar-refractivity contribution is -0.127. The predicted octanol–water partition coefficient (Wildman–Crippen LogP) is 1.86. The second kappa shape index (κ2) is 8.93. The van der Waals surface area contributed by atoms with Crippen molar-refractivity contribution in [3.05, 3.63) is 35.4 Å². The Hall–Kier alpha value is -3.10. The zero-order valence-corrected chi connectivity index (χ0v) is 17.2. The van der Waals surface area contributed by atoms with Crippen molar-refractivity contribution >= 4 is 11.8 Å². The molecule has 1 atom stereocenters. The molecule has 0 radical (unpaired) electrons. The highest BCUT2D eigenvalue weighted by Gasteiger charge is 2.29. The number of carbonyl (C=O) groups excluding carboxylic acids is 2. The van der Waals surface area contributed by atoms with Crippen molar-refractivity contribution in [3.8, 4) is 11.5 Å². The highest BCUT2D eigenvalue weighted by molar-refractivity contribution is 5.95. The molecule has 29 heavy (non-hydrogen) atoms. The van der Waals surface area contributed by atoms with Crippen LogP contribution in [0.2, 0.25) is 0 Å². The zero-order chi connectivity index (χ0) is 21.0. The minimum Gasteiger partial charge on any atom is -0.493 e. The topological polar surface area (TPSA) is 109 Å². The van der Waals surface area contributed by atoms with Crippen molar-refractivity contribution in [1.82, 2.24) is 25.4 Å². The van der Waals surface area contributed by atoms with Crippen LogP contribution in [-0.4, -0.2) is 59.2 Å². The number of nitrogens with zero attached hydrogens (tertiary/aromatic N) is 3. The van der Waals surface area contributed by atoms with Crippen molar-refractivity contribution in [1.29, 1.82) is 0 Å². The summed E-state index contributed by atoms with van der Waals surface area (Å²) in [5.74, 6) is 2.14. The van der Waals surface area contributed by atoms with E-state index in [-0.39, 0.29) is 23.8 Å². The molecule has 2 aromatic rings. The summed E-state index contributed by atoms with van der Waals surface area (Å²) in [5.41, 5.74) is 0.541. The van der Waals surface area contributed by atoms with E-state index in [9.17, 15) is 9.59 Å². The summed E-state index contributed by atoms with van der Waals surface area (Å²) in [5, 5.41) is 9.83. The van der Waals surface area contributed by atoms with Gasteiger partial charge in [0.05, 0.1) is 20.3 Å². The minimum absolute atomic E-state index is 0.0295. The molecule has 1 aliphatic rings. The Morgan fingerprint density at radius 1 is 1.21 bits per heavy atom. The van der Waals surface area contributed by atoms with E-state index in [1.807, 2.05) is 13.8 Å². The van der Waals surface area contributed by atoms with Gasteiger partial charge < -0.3 is 19.7 Å². The number of hydrogen-bond acceptors (Lipinski definition) is 6. The lowest BCUT2D eigenvalue weighted by atomic mass is 9.95. The Bertz CT molecular complexity index is 874. The van der Waals surface area contributed by atoms with Crippen LogP contribution in [0.3, 0.4) is 0 Å². The standard InChI is InChI=1S/C20H27N5O4/c1-12(18-22-13(2)23-24-18)21-19(26)14-7-9-25(10-8-14)20(27)15-5-6-16(28-3)17(11-15)29-4/h5-6,11-12,14H,7-10H2,1-4H3,(H,21,26)(H,22,23,24).